The van der Waals surface area contributed by atoms with Crippen LogP contribution in [0.2, 0.25) is 0 Å². The molecule has 0 atom stereocenters. The van der Waals surface area contributed by atoms with Crippen molar-refractivity contribution in [2.24, 2.45) is 0 Å². The Kier molecular flexibility index (Phi) is 2.37. The number of carbonyl (C=O) groups is 1. The van der Waals surface area contributed by atoms with Crippen LogP contribution in [0.15, 0.2) is 12.1 Å². The average molecular weight is 196 g/mol. The van der Waals surface area contributed by atoms with E-state index in [0.717, 1.165) is 13.0 Å². The van der Waals surface area contributed by atoms with E-state index < -0.39 is 22.1 Å². The van der Waals surface area contributed by atoms with E-state index in [2.05, 4.69) is 0 Å². The molecule has 0 amide bonds. The molecule has 0 aromatic heterocycles. The standard InChI is InChI=1S/C8H8N2O4/c1-4(11)7-6(12)3-2-5(9)8(7)10(13)14/h2-3,12H,9H2,1H3. The molecule has 6 nitrogen and oxygen atoms in total. The van der Waals surface area contributed by atoms with Crippen LogP contribution < -0.4 is 5.73 Å². The lowest BCUT2D eigenvalue weighted by Crippen LogP contribution is -2.04. The van der Waals surface area contributed by atoms with Gasteiger partial charge >= 0.3 is 5.69 Å². The van der Waals surface area contributed by atoms with Crippen LogP contribution in [0.25, 0.3) is 0 Å². The minimum Gasteiger partial charge on any atom is -0.507 e. The Morgan fingerprint density at radius 2 is 2.14 bits per heavy atom. The molecule has 0 heterocycles. The molecule has 0 spiro atoms. The molecule has 1 aromatic carbocycles. The number of benzene rings is 1. The van der Waals surface area contributed by atoms with Gasteiger partial charge in [-0.25, -0.2) is 0 Å². The number of Topliss-reactive ketones (excluding diaryl/α,β-unsaturated/α-hetero) is 1. The predicted octanol–water partition coefficient (Wildman–Crippen LogP) is 1.09. The molecule has 0 aliphatic rings. The molecule has 3 N–H and O–H groups in total. The summed E-state index contributed by atoms with van der Waals surface area (Å²) in [4.78, 5) is 20.8. The summed E-state index contributed by atoms with van der Waals surface area (Å²) in [7, 11) is 0. The minimum atomic E-state index is -0.786. The number of rotatable bonds is 2. The molecule has 0 saturated heterocycles. The summed E-state index contributed by atoms with van der Waals surface area (Å²) in [5.74, 6) is -1.03. The summed E-state index contributed by atoms with van der Waals surface area (Å²) >= 11 is 0. The van der Waals surface area contributed by atoms with Gasteiger partial charge < -0.3 is 10.8 Å². The topological polar surface area (TPSA) is 106 Å². The van der Waals surface area contributed by atoms with Crippen molar-refractivity contribution in [3.8, 4) is 5.75 Å². The Hall–Kier alpha value is -2.11. The van der Waals surface area contributed by atoms with Crippen molar-refractivity contribution in [3.63, 3.8) is 0 Å². The smallest absolute Gasteiger partial charge is 0.306 e. The van der Waals surface area contributed by atoms with Gasteiger partial charge in [0.1, 0.15) is 17.0 Å². The third-order valence-electron chi connectivity index (χ3n) is 1.72. The molecule has 1 rings (SSSR count). The molecule has 0 aliphatic heterocycles. The Morgan fingerprint density at radius 1 is 1.57 bits per heavy atom. The molecule has 0 radical (unpaired) electrons. The Labute approximate surface area is 79.1 Å². The van der Waals surface area contributed by atoms with Gasteiger partial charge in [0.2, 0.25) is 0 Å². The van der Waals surface area contributed by atoms with Gasteiger partial charge in [0.25, 0.3) is 0 Å². The number of hydrogen-bond donors (Lipinski definition) is 2. The first-order valence-corrected chi connectivity index (χ1v) is 3.72. The van der Waals surface area contributed by atoms with Gasteiger partial charge in [0.15, 0.2) is 5.78 Å². The summed E-state index contributed by atoms with van der Waals surface area (Å²) in [5.41, 5.74) is 4.29. The summed E-state index contributed by atoms with van der Waals surface area (Å²) < 4.78 is 0. The second-order valence-electron chi connectivity index (χ2n) is 2.71. The summed E-state index contributed by atoms with van der Waals surface area (Å²) in [6, 6.07) is 2.33. The van der Waals surface area contributed by atoms with E-state index in [9.17, 15) is 20.0 Å². The number of hydrogen-bond acceptors (Lipinski definition) is 5. The molecule has 0 bridgehead atoms. The van der Waals surface area contributed by atoms with E-state index in [1.165, 1.54) is 6.07 Å². The van der Waals surface area contributed by atoms with E-state index in [1.807, 2.05) is 0 Å². The zero-order chi connectivity index (χ0) is 10.9. The third kappa shape index (κ3) is 1.49. The number of nitrogens with two attached hydrogens (primary N) is 1. The van der Waals surface area contributed by atoms with Crippen LogP contribution in [-0.4, -0.2) is 15.8 Å². The maximum Gasteiger partial charge on any atom is 0.306 e. The van der Waals surface area contributed by atoms with Gasteiger partial charge in [0.05, 0.1) is 4.92 Å². The third-order valence-corrected chi connectivity index (χ3v) is 1.72. The largest absolute Gasteiger partial charge is 0.507 e. The SMILES string of the molecule is CC(=O)c1c(O)ccc(N)c1[N+](=O)[O-]. The number of phenolic OH excluding ortho intramolecular Hbond substituents is 1. The molecule has 14 heavy (non-hydrogen) atoms. The number of ketones is 1. The molecule has 0 fully saturated rings. The van der Waals surface area contributed by atoms with Crippen molar-refractivity contribution in [2.75, 3.05) is 5.73 Å². The molecule has 0 aliphatic carbocycles. The van der Waals surface area contributed by atoms with Crippen LogP contribution in [0, 0.1) is 10.1 Å². The Balaban J connectivity index is 3.58. The molecule has 1 aromatic rings. The van der Waals surface area contributed by atoms with Gasteiger partial charge in [-0.05, 0) is 19.1 Å². The quantitative estimate of drug-likeness (QED) is 0.242. The lowest BCUT2D eigenvalue weighted by atomic mass is 10.1. The van der Waals surface area contributed by atoms with Crippen molar-refractivity contribution >= 4 is 17.2 Å². The summed E-state index contributed by atoms with van der Waals surface area (Å²) in [6.45, 7) is 1.13. The lowest BCUT2D eigenvalue weighted by Gasteiger charge is -2.03. The Bertz CT molecular complexity index is 375. The number of nitrogen functional groups attached to an aromatic ring is 1. The number of anilines is 1. The van der Waals surface area contributed by atoms with E-state index >= 15 is 0 Å². The molecule has 6 heteroatoms. The average Bonchev–Trinajstić information content (AvgIpc) is 2.07. The maximum atomic E-state index is 11.0. The zero-order valence-corrected chi connectivity index (χ0v) is 7.35. The van der Waals surface area contributed by atoms with Gasteiger partial charge in [-0.2, -0.15) is 0 Å². The fourth-order valence-corrected chi connectivity index (χ4v) is 1.14. The highest BCUT2D eigenvalue weighted by Crippen LogP contribution is 2.33. The first-order chi connectivity index (χ1) is 6.45. The van der Waals surface area contributed by atoms with Crippen molar-refractivity contribution in [1.82, 2.24) is 0 Å². The molecule has 74 valence electrons. The fourth-order valence-electron chi connectivity index (χ4n) is 1.14. The van der Waals surface area contributed by atoms with E-state index in [-0.39, 0.29) is 11.3 Å². The van der Waals surface area contributed by atoms with Crippen molar-refractivity contribution in [1.29, 1.82) is 0 Å². The monoisotopic (exact) mass is 196 g/mol. The molecular formula is C8H8N2O4. The molecule has 0 unspecified atom stereocenters. The number of phenols is 1. The maximum absolute atomic E-state index is 11.0. The van der Waals surface area contributed by atoms with Gasteiger partial charge in [0, 0.05) is 0 Å². The highest BCUT2D eigenvalue weighted by molar-refractivity contribution is 6.02. The van der Waals surface area contributed by atoms with Crippen molar-refractivity contribution in [3.05, 3.63) is 27.8 Å². The van der Waals surface area contributed by atoms with Crippen molar-refractivity contribution in [2.45, 2.75) is 6.92 Å². The van der Waals surface area contributed by atoms with Crippen LogP contribution in [0.1, 0.15) is 17.3 Å². The second kappa shape index (κ2) is 3.33. The van der Waals surface area contributed by atoms with Crippen LogP contribution in [0.5, 0.6) is 5.75 Å². The van der Waals surface area contributed by atoms with Crippen LogP contribution in [-0.2, 0) is 0 Å². The van der Waals surface area contributed by atoms with Crippen LogP contribution in [0.4, 0.5) is 11.4 Å². The highest BCUT2D eigenvalue weighted by Gasteiger charge is 2.24. The number of nitro groups is 1. The number of nitro benzene ring substituents is 1. The van der Waals surface area contributed by atoms with Crippen molar-refractivity contribution < 1.29 is 14.8 Å². The van der Waals surface area contributed by atoms with E-state index in [0.29, 0.717) is 0 Å². The second-order valence-corrected chi connectivity index (χ2v) is 2.71. The van der Waals surface area contributed by atoms with Gasteiger partial charge in [-0.3, -0.25) is 14.9 Å². The summed E-state index contributed by atoms with van der Waals surface area (Å²) in [5, 5.41) is 19.8. The van der Waals surface area contributed by atoms with Crippen LogP contribution >= 0.6 is 0 Å². The number of nitrogens with zero attached hydrogens (tertiary/aromatic N) is 1. The molecular weight excluding hydrogens is 188 g/mol. The first-order valence-electron chi connectivity index (χ1n) is 3.72. The summed E-state index contributed by atoms with van der Waals surface area (Å²) in [6.07, 6.45) is 0. The number of aromatic hydroxyl groups is 1. The molecule has 0 saturated carbocycles. The predicted molar refractivity (Wildman–Crippen MR) is 49.2 cm³/mol. The highest BCUT2D eigenvalue weighted by atomic mass is 16.6. The Morgan fingerprint density at radius 3 is 2.50 bits per heavy atom. The minimum absolute atomic E-state index is 0.141. The lowest BCUT2D eigenvalue weighted by molar-refractivity contribution is -0.384. The van der Waals surface area contributed by atoms with Gasteiger partial charge in [-0.1, -0.05) is 0 Å². The van der Waals surface area contributed by atoms with Gasteiger partial charge in [-0.15, -0.1) is 0 Å². The normalized spacial score (nSPS) is 9.79. The van der Waals surface area contributed by atoms with Crippen LogP contribution in [0.3, 0.4) is 0 Å². The fraction of sp³-hybridized carbons (Fsp3) is 0.125. The number of carbonyl (C=O) groups excluding carboxylic acids is 1. The van der Waals surface area contributed by atoms with E-state index in [1.54, 1.807) is 0 Å². The zero-order valence-electron chi connectivity index (χ0n) is 7.35. The first kappa shape index (κ1) is 9.97. The van der Waals surface area contributed by atoms with E-state index in [4.69, 9.17) is 5.73 Å².